The third-order valence-corrected chi connectivity index (χ3v) is 3.78. The monoisotopic (exact) mass is 272 g/mol. The Morgan fingerprint density at radius 1 is 1.35 bits per heavy atom. The lowest BCUT2D eigenvalue weighted by Crippen LogP contribution is -2.29. The SMILES string of the molecule is NCC(NCCC1CC1)c1ccc(Cl)cc1Cl. The van der Waals surface area contributed by atoms with Crippen molar-refractivity contribution < 1.29 is 0 Å². The van der Waals surface area contributed by atoms with E-state index in [0.29, 0.717) is 16.6 Å². The van der Waals surface area contributed by atoms with Gasteiger partial charge in [-0.1, -0.05) is 42.1 Å². The van der Waals surface area contributed by atoms with E-state index in [2.05, 4.69) is 5.32 Å². The Morgan fingerprint density at radius 3 is 2.71 bits per heavy atom. The van der Waals surface area contributed by atoms with Crippen LogP contribution in [-0.2, 0) is 0 Å². The highest BCUT2D eigenvalue weighted by Gasteiger charge is 2.21. The average molecular weight is 273 g/mol. The van der Waals surface area contributed by atoms with Crippen LogP contribution in [0, 0.1) is 5.92 Å². The number of hydrogen-bond acceptors (Lipinski definition) is 2. The molecule has 0 radical (unpaired) electrons. The largest absolute Gasteiger partial charge is 0.329 e. The summed E-state index contributed by atoms with van der Waals surface area (Å²) in [7, 11) is 0. The maximum atomic E-state index is 6.18. The van der Waals surface area contributed by atoms with E-state index in [4.69, 9.17) is 28.9 Å². The number of benzene rings is 1. The van der Waals surface area contributed by atoms with Crippen LogP contribution in [0.1, 0.15) is 30.9 Å². The second kappa shape index (κ2) is 6.05. The normalized spacial score (nSPS) is 17.1. The predicted octanol–water partition coefficient (Wildman–Crippen LogP) is 3.38. The molecule has 1 aromatic rings. The molecule has 94 valence electrons. The topological polar surface area (TPSA) is 38.0 Å². The van der Waals surface area contributed by atoms with Gasteiger partial charge < -0.3 is 11.1 Å². The third-order valence-electron chi connectivity index (χ3n) is 3.21. The molecule has 0 bridgehead atoms. The first-order valence-electron chi connectivity index (χ1n) is 6.09. The fraction of sp³-hybridized carbons (Fsp3) is 0.538. The summed E-state index contributed by atoms with van der Waals surface area (Å²) in [6.07, 6.45) is 4.01. The molecule has 0 spiro atoms. The van der Waals surface area contributed by atoms with Crippen LogP contribution in [0.5, 0.6) is 0 Å². The van der Waals surface area contributed by atoms with Crippen LogP contribution in [0.2, 0.25) is 10.0 Å². The molecule has 1 fully saturated rings. The minimum atomic E-state index is 0.124. The second-order valence-electron chi connectivity index (χ2n) is 4.64. The van der Waals surface area contributed by atoms with Gasteiger partial charge in [-0.05, 0) is 36.6 Å². The van der Waals surface area contributed by atoms with E-state index in [0.717, 1.165) is 18.0 Å². The summed E-state index contributed by atoms with van der Waals surface area (Å²) in [5, 5.41) is 4.81. The van der Waals surface area contributed by atoms with E-state index in [1.807, 2.05) is 12.1 Å². The van der Waals surface area contributed by atoms with Crippen molar-refractivity contribution in [2.24, 2.45) is 11.7 Å². The summed E-state index contributed by atoms with van der Waals surface area (Å²) in [6, 6.07) is 5.70. The molecule has 1 saturated carbocycles. The van der Waals surface area contributed by atoms with Gasteiger partial charge in [0.05, 0.1) is 0 Å². The lowest BCUT2D eigenvalue weighted by atomic mass is 10.1. The zero-order valence-corrected chi connectivity index (χ0v) is 11.3. The Balaban J connectivity index is 1.94. The molecule has 4 heteroatoms. The molecule has 1 aliphatic carbocycles. The molecular weight excluding hydrogens is 255 g/mol. The summed E-state index contributed by atoms with van der Waals surface area (Å²) in [6.45, 7) is 1.55. The summed E-state index contributed by atoms with van der Waals surface area (Å²) < 4.78 is 0. The molecule has 0 aliphatic heterocycles. The van der Waals surface area contributed by atoms with Gasteiger partial charge in [-0.3, -0.25) is 0 Å². The first kappa shape index (κ1) is 13.2. The average Bonchev–Trinajstić information content (AvgIpc) is 3.10. The molecule has 1 aliphatic rings. The van der Waals surface area contributed by atoms with E-state index in [1.165, 1.54) is 19.3 Å². The standard InChI is InChI=1S/C13H18Cl2N2/c14-10-3-4-11(12(15)7-10)13(8-16)17-6-5-9-1-2-9/h3-4,7,9,13,17H,1-2,5-6,8,16H2. The maximum absolute atomic E-state index is 6.18. The van der Waals surface area contributed by atoms with E-state index in [-0.39, 0.29) is 6.04 Å². The number of hydrogen-bond donors (Lipinski definition) is 2. The van der Waals surface area contributed by atoms with Crippen molar-refractivity contribution in [3.63, 3.8) is 0 Å². The molecule has 2 rings (SSSR count). The van der Waals surface area contributed by atoms with Crippen LogP contribution in [0.15, 0.2) is 18.2 Å². The Bertz CT molecular complexity index is 378. The van der Waals surface area contributed by atoms with Gasteiger partial charge in [0.2, 0.25) is 0 Å². The van der Waals surface area contributed by atoms with Crippen LogP contribution in [0.3, 0.4) is 0 Å². The number of rotatable bonds is 6. The lowest BCUT2D eigenvalue weighted by Gasteiger charge is -2.18. The van der Waals surface area contributed by atoms with Gasteiger partial charge in [-0.15, -0.1) is 0 Å². The molecule has 1 atom stereocenters. The Kier molecular flexibility index (Phi) is 4.69. The number of nitrogens with one attached hydrogen (secondary N) is 1. The van der Waals surface area contributed by atoms with E-state index >= 15 is 0 Å². The molecule has 17 heavy (non-hydrogen) atoms. The molecule has 3 N–H and O–H groups in total. The molecule has 0 amide bonds. The highest BCUT2D eigenvalue weighted by Crippen LogP contribution is 2.32. The predicted molar refractivity (Wildman–Crippen MR) is 73.6 cm³/mol. The van der Waals surface area contributed by atoms with Crippen LogP contribution < -0.4 is 11.1 Å². The fourth-order valence-corrected chi connectivity index (χ4v) is 2.51. The minimum Gasteiger partial charge on any atom is -0.329 e. The van der Waals surface area contributed by atoms with Gasteiger partial charge in [0.25, 0.3) is 0 Å². The first-order valence-corrected chi connectivity index (χ1v) is 6.84. The van der Waals surface area contributed by atoms with E-state index in [9.17, 15) is 0 Å². The quantitative estimate of drug-likeness (QED) is 0.833. The molecule has 2 nitrogen and oxygen atoms in total. The van der Waals surface area contributed by atoms with Crippen molar-refractivity contribution in [1.82, 2.24) is 5.32 Å². The molecule has 1 aromatic carbocycles. The smallest absolute Gasteiger partial charge is 0.0469 e. The number of halogens is 2. The van der Waals surface area contributed by atoms with E-state index < -0.39 is 0 Å². The Hall–Kier alpha value is -0.280. The lowest BCUT2D eigenvalue weighted by molar-refractivity contribution is 0.516. The maximum Gasteiger partial charge on any atom is 0.0469 e. The minimum absolute atomic E-state index is 0.124. The second-order valence-corrected chi connectivity index (χ2v) is 5.48. The zero-order valence-electron chi connectivity index (χ0n) is 9.76. The molecule has 0 aromatic heterocycles. The molecular formula is C13H18Cl2N2. The van der Waals surface area contributed by atoms with Crippen LogP contribution in [0.25, 0.3) is 0 Å². The number of nitrogens with two attached hydrogens (primary N) is 1. The molecule has 1 unspecified atom stereocenters. The van der Waals surface area contributed by atoms with Crippen molar-refractivity contribution >= 4 is 23.2 Å². The van der Waals surface area contributed by atoms with Gasteiger partial charge in [0.1, 0.15) is 0 Å². The van der Waals surface area contributed by atoms with Crippen LogP contribution in [0.4, 0.5) is 0 Å². The molecule has 0 saturated heterocycles. The van der Waals surface area contributed by atoms with Gasteiger partial charge in [-0.25, -0.2) is 0 Å². The van der Waals surface area contributed by atoms with Crippen LogP contribution in [-0.4, -0.2) is 13.1 Å². The first-order chi connectivity index (χ1) is 8.20. The van der Waals surface area contributed by atoms with Crippen molar-refractivity contribution in [3.05, 3.63) is 33.8 Å². The molecule has 0 heterocycles. The van der Waals surface area contributed by atoms with Crippen LogP contribution >= 0.6 is 23.2 Å². The van der Waals surface area contributed by atoms with Gasteiger partial charge in [0.15, 0.2) is 0 Å². The van der Waals surface area contributed by atoms with Crippen molar-refractivity contribution in [2.75, 3.05) is 13.1 Å². The van der Waals surface area contributed by atoms with Gasteiger partial charge in [0, 0.05) is 22.6 Å². The van der Waals surface area contributed by atoms with Crippen molar-refractivity contribution in [1.29, 1.82) is 0 Å². The summed E-state index contributed by atoms with van der Waals surface area (Å²) >= 11 is 12.1. The highest BCUT2D eigenvalue weighted by molar-refractivity contribution is 6.35. The Labute approximate surface area is 112 Å². The third kappa shape index (κ3) is 3.85. The fourth-order valence-electron chi connectivity index (χ4n) is 1.97. The summed E-state index contributed by atoms with van der Waals surface area (Å²) in [4.78, 5) is 0. The zero-order chi connectivity index (χ0) is 12.3. The summed E-state index contributed by atoms with van der Waals surface area (Å²) in [5.74, 6) is 0.932. The van der Waals surface area contributed by atoms with Gasteiger partial charge in [-0.2, -0.15) is 0 Å². The summed E-state index contributed by atoms with van der Waals surface area (Å²) in [5.41, 5.74) is 6.83. The highest BCUT2D eigenvalue weighted by atomic mass is 35.5. The van der Waals surface area contributed by atoms with Crippen molar-refractivity contribution in [2.45, 2.75) is 25.3 Å². The van der Waals surface area contributed by atoms with E-state index in [1.54, 1.807) is 6.07 Å². The Morgan fingerprint density at radius 2 is 2.12 bits per heavy atom. The van der Waals surface area contributed by atoms with Gasteiger partial charge >= 0.3 is 0 Å². The van der Waals surface area contributed by atoms with Crippen molar-refractivity contribution in [3.8, 4) is 0 Å².